The molecule has 0 aliphatic rings. The van der Waals surface area contributed by atoms with E-state index in [1.165, 1.54) is 12.1 Å². The molecule has 2 N–H and O–H groups in total. The van der Waals surface area contributed by atoms with Crippen molar-refractivity contribution in [2.45, 2.75) is 6.54 Å². The molecule has 0 fully saturated rings. The Kier molecular flexibility index (Phi) is 4.61. The molecule has 2 aromatic heterocycles. The maximum Gasteiger partial charge on any atom is 0.268 e. The SMILES string of the molecule is Cn1c(C(=O)NCC(=O)NCc2ccc(F)cc2)cc2sccc21. The first-order valence-corrected chi connectivity index (χ1v) is 8.25. The summed E-state index contributed by atoms with van der Waals surface area (Å²) >= 11 is 1.56. The molecule has 2 amide bonds. The highest BCUT2D eigenvalue weighted by atomic mass is 32.1. The van der Waals surface area contributed by atoms with E-state index in [0.717, 1.165) is 15.8 Å². The lowest BCUT2D eigenvalue weighted by atomic mass is 10.2. The zero-order chi connectivity index (χ0) is 17.1. The lowest BCUT2D eigenvalue weighted by Crippen LogP contribution is -2.37. The van der Waals surface area contributed by atoms with Gasteiger partial charge in [-0.15, -0.1) is 11.3 Å². The summed E-state index contributed by atoms with van der Waals surface area (Å²) in [4.78, 5) is 24.0. The maximum atomic E-state index is 12.8. The van der Waals surface area contributed by atoms with Gasteiger partial charge in [0.25, 0.3) is 5.91 Å². The fraction of sp³-hybridized carbons (Fsp3) is 0.176. The molecule has 0 bridgehead atoms. The third-order valence-electron chi connectivity index (χ3n) is 3.71. The number of thiophene rings is 1. The highest BCUT2D eigenvalue weighted by molar-refractivity contribution is 7.17. The second kappa shape index (κ2) is 6.84. The number of aryl methyl sites for hydroxylation is 1. The predicted octanol–water partition coefficient (Wildman–Crippen LogP) is 2.43. The molecule has 0 aliphatic carbocycles. The van der Waals surface area contributed by atoms with E-state index in [-0.39, 0.29) is 30.7 Å². The van der Waals surface area contributed by atoms with Crippen LogP contribution in [0.1, 0.15) is 16.1 Å². The standard InChI is InChI=1S/C17H16FN3O2S/c1-21-13-6-7-24-15(13)8-14(21)17(23)20-10-16(22)19-9-11-2-4-12(18)5-3-11/h2-8H,9-10H2,1H3,(H,19,22)(H,20,23). The van der Waals surface area contributed by atoms with Crippen molar-refractivity contribution in [3.8, 4) is 0 Å². The number of fused-ring (bicyclic) bond motifs is 1. The Morgan fingerprint density at radius 1 is 1.17 bits per heavy atom. The normalized spacial score (nSPS) is 10.8. The Hall–Kier alpha value is -2.67. The van der Waals surface area contributed by atoms with Gasteiger partial charge >= 0.3 is 0 Å². The lowest BCUT2D eigenvalue weighted by Gasteiger charge is -2.08. The Labute approximate surface area is 142 Å². The van der Waals surface area contributed by atoms with Gasteiger partial charge in [0.05, 0.1) is 16.8 Å². The molecular weight excluding hydrogens is 329 g/mol. The number of benzene rings is 1. The molecule has 0 spiro atoms. The molecule has 2 heterocycles. The van der Waals surface area contributed by atoms with Crippen molar-refractivity contribution >= 4 is 33.4 Å². The monoisotopic (exact) mass is 345 g/mol. The number of carbonyl (C=O) groups is 2. The van der Waals surface area contributed by atoms with Crippen molar-refractivity contribution in [1.82, 2.24) is 15.2 Å². The fourth-order valence-corrected chi connectivity index (χ4v) is 3.23. The topological polar surface area (TPSA) is 63.1 Å². The van der Waals surface area contributed by atoms with E-state index in [9.17, 15) is 14.0 Å². The van der Waals surface area contributed by atoms with E-state index in [1.807, 2.05) is 24.6 Å². The number of amides is 2. The van der Waals surface area contributed by atoms with Crippen LogP contribution in [0.5, 0.6) is 0 Å². The summed E-state index contributed by atoms with van der Waals surface area (Å²) in [5.74, 6) is -0.915. The second-order valence-corrected chi connectivity index (χ2v) is 6.29. The maximum absolute atomic E-state index is 12.8. The number of carbonyl (C=O) groups excluding carboxylic acids is 2. The molecule has 7 heteroatoms. The highest BCUT2D eigenvalue weighted by Gasteiger charge is 2.14. The van der Waals surface area contributed by atoms with Gasteiger partial charge < -0.3 is 15.2 Å². The molecule has 0 unspecified atom stereocenters. The van der Waals surface area contributed by atoms with E-state index < -0.39 is 0 Å². The highest BCUT2D eigenvalue weighted by Crippen LogP contribution is 2.23. The minimum Gasteiger partial charge on any atom is -0.350 e. The van der Waals surface area contributed by atoms with Gasteiger partial charge in [-0.25, -0.2) is 4.39 Å². The number of hydrogen-bond acceptors (Lipinski definition) is 3. The number of hydrogen-bond donors (Lipinski definition) is 2. The molecule has 24 heavy (non-hydrogen) atoms. The molecule has 0 atom stereocenters. The molecular formula is C17H16FN3O2S. The van der Waals surface area contributed by atoms with E-state index in [1.54, 1.807) is 28.0 Å². The van der Waals surface area contributed by atoms with Crippen LogP contribution in [0.25, 0.3) is 10.2 Å². The molecule has 0 radical (unpaired) electrons. The van der Waals surface area contributed by atoms with Crippen molar-refractivity contribution in [2.75, 3.05) is 6.54 Å². The van der Waals surface area contributed by atoms with Crippen molar-refractivity contribution in [2.24, 2.45) is 7.05 Å². The zero-order valence-electron chi connectivity index (χ0n) is 13.0. The smallest absolute Gasteiger partial charge is 0.268 e. The molecule has 124 valence electrons. The number of rotatable bonds is 5. The minimum absolute atomic E-state index is 0.112. The summed E-state index contributed by atoms with van der Waals surface area (Å²) in [6, 6.07) is 9.64. The van der Waals surface area contributed by atoms with Crippen LogP contribution in [0.4, 0.5) is 4.39 Å². The Morgan fingerprint density at radius 2 is 1.92 bits per heavy atom. The first kappa shape index (κ1) is 16.2. The summed E-state index contributed by atoms with van der Waals surface area (Å²) in [5, 5.41) is 7.26. The largest absolute Gasteiger partial charge is 0.350 e. The molecule has 1 aromatic carbocycles. The van der Waals surface area contributed by atoms with Gasteiger partial charge in [-0.2, -0.15) is 0 Å². The lowest BCUT2D eigenvalue weighted by molar-refractivity contribution is -0.120. The van der Waals surface area contributed by atoms with Crippen LogP contribution < -0.4 is 10.6 Å². The van der Waals surface area contributed by atoms with E-state index in [0.29, 0.717) is 5.69 Å². The van der Waals surface area contributed by atoms with Crippen LogP contribution in [0.2, 0.25) is 0 Å². The zero-order valence-corrected chi connectivity index (χ0v) is 13.8. The number of halogens is 1. The minimum atomic E-state index is -0.320. The number of nitrogens with one attached hydrogen (secondary N) is 2. The summed E-state index contributed by atoms with van der Waals surface area (Å²) in [6.45, 7) is 0.174. The predicted molar refractivity (Wildman–Crippen MR) is 91.4 cm³/mol. The van der Waals surface area contributed by atoms with E-state index in [2.05, 4.69) is 10.6 Å². The van der Waals surface area contributed by atoms with Gasteiger partial charge in [-0.3, -0.25) is 9.59 Å². The molecule has 0 saturated heterocycles. The summed E-state index contributed by atoms with van der Waals surface area (Å²) in [6.07, 6.45) is 0. The van der Waals surface area contributed by atoms with E-state index >= 15 is 0 Å². The van der Waals surface area contributed by atoms with Gasteiger partial charge in [0.1, 0.15) is 11.5 Å². The first-order valence-electron chi connectivity index (χ1n) is 7.37. The quantitative estimate of drug-likeness (QED) is 0.746. The molecule has 3 rings (SSSR count). The average Bonchev–Trinajstić information content (AvgIpc) is 3.15. The summed E-state index contributed by atoms with van der Waals surface area (Å²) in [7, 11) is 1.82. The Morgan fingerprint density at radius 3 is 2.62 bits per heavy atom. The molecule has 0 saturated carbocycles. The van der Waals surface area contributed by atoms with Crippen LogP contribution in [0, 0.1) is 5.82 Å². The van der Waals surface area contributed by atoms with Crippen molar-refractivity contribution in [3.63, 3.8) is 0 Å². The second-order valence-electron chi connectivity index (χ2n) is 5.34. The molecule has 5 nitrogen and oxygen atoms in total. The van der Waals surface area contributed by atoms with Crippen LogP contribution >= 0.6 is 11.3 Å². The number of aromatic nitrogens is 1. The number of nitrogens with zero attached hydrogens (tertiary/aromatic N) is 1. The Bertz CT molecular complexity index is 883. The van der Waals surface area contributed by atoms with Crippen LogP contribution in [-0.2, 0) is 18.4 Å². The Balaban J connectivity index is 1.52. The van der Waals surface area contributed by atoms with Gasteiger partial charge in [0.15, 0.2) is 0 Å². The fourth-order valence-electron chi connectivity index (χ4n) is 2.38. The van der Waals surface area contributed by atoms with Gasteiger partial charge in [-0.05, 0) is 35.2 Å². The molecule has 0 aliphatic heterocycles. The summed E-state index contributed by atoms with van der Waals surface area (Å²) in [5.41, 5.74) is 2.30. The van der Waals surface area contributed by atoms with Crippen LogP contribution in [-0.4, -0.2) is 22.9 Å². The van der Waals surface area contributed by atoms with Gasteiger partial charge in [0.2, 0.25) is 5.91 Å². The average molecular weight is 345 g/mol. The van der Waals surface area contributed by atoms with Crippen molar-refractivity contribution in [1.29, 1.82) is 0 Å². The third kappa shape index (κ3) is 3.46. The van der Waals surface area contributed by atoms with Crippen molar-refractivity contribution < 1.29 is 14.0 Å². The third-order valence-corrected chi connectivity index (χ3v) is 4.56. The van der Waals surface area contributed by atoms with Gasteiger partial charge in [0, 0.05) is 13.6 Å². The van der Waals surface area contributed by atoms with E-state index in [4.69, 9.17) is 0 Å². The molecule has 3 aromatic rings. The summed E-state index contributed by atoms with van der Waals surface area (Å²) < 4.78 is 15.6. The van der Waals surface area contributed by atoms with Crippen LogP contribution in [0.15, 0.2) is 41.8 Å². The van der Waals surface area contributed by atoms with Gasteiger partial charge in [-0.1, -0.05) is 12.1 Å². The van der Waals surface area contributed by atoms with Crippen LogP contribution in [0.3, 0.4) is 0 Å². The first-order chi connectivity index (χ1) is 11.5. The van der Waals surface area contributed by atoms with Crippen molar-refractivity contribution in [3.05, 3.63) is 58.9 Å².